The van der Waals surface area contributed by atoms with E-state index in [4.69, 9.17) is 10.6 Å². The second-order valence-electron chi connectivity index (χ2n) is 9.51. The highest BCUT2D eigenvalue weighted by molar-refractivity contribution is 5.93. The predicted molar refractivity (Wildman–Crippen MR) is 99.6 cm³/mol. The molecule has 0 saturated heterocycles. The monoisotopic (exact) mass is 360 g/mol. The number of fused-ring (bicyclic) bond motifs is 5. The molecule has 4 saturated carbocycles. The molecular formula is C21H32N2O3. The number of nitrogens with two attached hydrogens (primary N) is 1. The number of ketones is 2. The third kappa shape index (κ3) is 2.57. The summed E-state index contributed by atoms with van der Waals surface area (Å²) in [5, 5.41) is 4.25. The van der Waals surface area contributed by atoms with E-state index in [2.05, 4.69) is 19.0 Å². The van der Waals surface area contributed by atoms with Crippen molar-refractivity contribution in [2.75, 3.05) is 13.2 Å². The first-order valence-corrected chi connectivity index (χ1v) is 10.3. The average molecular weight is 360 g/mol. The lowest BCUT2D eigenvalue weighted by atomic mass is 9.45. The van der Waals surface area contributed by atoms with Crippen LogP contribution in [0.1, 0.15) is 65.2 Å². The number of hydrogen-bond acceptors (Lipinski definition) is 5. The minimum absolute atomic E-state index is 0.0554. The van der Waals surface area contributed by atoms with Gasteiger partial charge in [0.1, 0.15) is 18.2 Å². The Hall–Kier alpha value is -1.23. The molecule has 144 valence electrons. The van der Waals surface area contributed by atoms with Gasteiger partial charge < -0.3 is 10.6 Å². The van der Waals surface area contributed by atoms with Crippen LogP contribution < -0.4 is 5.73 Å². The van der Waals surface area contributed by atoms with Crippen molar-refractivity contribution in [2.24, 2.45) is 45.4 Å². The summed E-state index contributed by atoms with van der Waals surface area (Å²) in [6.45, 7) is 5.39. The Labute approximate surface area is 156 Å². The fraction of sp³-hybridized carbons (Fsp3) is 0.857. The fourth-order valence-electron chi connectivity index (χ4n) is 6.89. The van der Waals surface area contributed by atoms with Crippen LogP contribution in [0.25, 0.3) is 0 Å². The first kappa shape index (κ1) is 18.1. The molecule has 1 unspecified atom stereocenters. The third-order valence-electron chi connectivity index (χ3n) is 8.41. The zero-order valence-electron chi connectivity index (χ0n) is 16.1. The zero-order valence-corrected chi connectivity index (χ0v) is 16.1. The zero-order chi connectivity index (χ0) is 18.5. The summed E-state index contributed by atoms with van der Waals surface area (Å²) in [5.74, 6) is 2.29. The van der Waals surface area contributed by atoms with Gasteiger partial charge in [0.05, 0.1) is 5.71 Å². The van der Waals surface area contributed by atoms with Gasteiger partial charge in [-0.1, -0.05) is 19.0 Å². The molecule has 0 aromatic heterocycles. The highest BCUT2D eigenvalue weighted by atomic mass is 16.6. The smallest absolute Gasteiger partial charge is 0.139 e. The van der Waals surface area contributed by atoms with Gasteiger partial charge in [0.2, 0.25) is 0 Å². The number of rotatable bonds is 3. The first-order valence-electron chi connectivity index (χ1n) is 10.3. The van der Waals surface area contributed by atoms with E-state index in [0.29, 0.717) is 55.3 Å². The van der Waals surface area contributed by atoms with E-state index >= 15 is 0 Å². The summed E-state index contributed by atoms with van der Waals surface area (Å²) in [6, 6.07) is 0. The van der Waals surface area contributed by atoms with Gasteiger partial charge >= 0.3 is 0 Å². The lowest BCUT2D eigenvalue weighted by molar-refractivity contribution is -0.152. The maximum absolute atomic E-state index is 13.1. The Morgan fingerprint density at radius 2 is 1.92 bits per heavy atom. The first-order chi connectivity index (χ1) is 12.4. The molecule has 4 rings (SSSR count). The molecule has 4 fully saturated rings. The van der Waals surface area contributed by atoms with Crippen LogP contribution in [-0.4, -0.2) is 30.4 Å². The molecule has 2 N–H and O–H groups in total. The van der Waals surface area contributed by atoms with Gasteiger partial charge in [0.15, 0.2) is 0 Å². The highest BCUT2D eigenvalue weighted by Gasteiger charge is 2.62. The molecule has 0 aromatic rings. The molecule has 4 aliphatic carbocycles. The SMILES string of the molecule is C[C@]12CC/C(=N\OCCN)CC1C(=O)C[C@@H]1[C@@H]2CC[C@]2(C)C(=O)CC[C@@H]12. The largest absolute Gasteiger partial charge is 0.395 e. The Kier molecular flexibility index (Phi) is 4.49. The van der Waals surface area contributed by atoms with Gasteiger partial charge in [0, 0.05) is 30.7 Å². The van der Waals surface area contributed by atoms with E-state index in [1.807, 2.05) is 0 Å². The highest BCUT2D eigenvalue weighted by Crippen LogP contribution is 2.64. The number of hydrogen-bond donors (Lipinski definition) is 1. The second-order valence-corrected chi connectivity index (χ2v) is 9.51. The van der Waals surface area contributed by atoms with Crippen molar-refractivity contribution in [1.82, 2.24) is 0 Å². The molecule has 6 atom stereocenters. The van der Waals surface area contributed by atoms with Crippen molar-refractivity contribution in [3.63, 3.8) is 0 Å². The topological polar surface area (TPSA) is 81.8 Å². The van der Waals surface area contributed by atoms with E-state index in [1.165, 1.54) is 0 Å². The van der Waals surface area contributed by atoms with Gasteiger partial charge in [-0.2, -0.15) is 0 Å². The predicted octanol–water partition coefficient (Wildman–Crippen LogP) is 3.11. The Balaban J connectivity index is 1.57. The minimum Gasteiger partial charge on any atom is -0.395 e. The quantitative estimate of drug-likeness (QED) is 0.619. The number of oxime groups is 1. The lowest BCUT2D eigenvalue weighted by Crippen LogP contribution is -2.56. The summed E-state index contributed by atoms with van der Waals surface area (Å²) >= 11 is 0. The fourth-order valence-corrected chi connectivity index (χ4v) is 6.89. The van der Waals surface area contributed by atoms with Gasteiger partial charge in [0.25, 0.3) is 0 Å². The number of nitrogens with zero attached hydrogens (tertiary/aromatic N) is 1. The number of carbonyl (C=O) groups is 2. The summed E-state index contributed by atoms with van der Waals surface area (Å²) in [7, 11) is 0. The van der Waals surface area contributed by atoms with E-state index < -0.39 is 0 Å². The summed E-state index contributed by atoms with van der Waals surface area (Å²) in [4.78, 5) is 30.9. The molecule has 0 spiro atoms. The van der Waals surface area contributed by atoms with E-state index in [-0.39, 0.29) is 16.7 Å². The Morgan fingerprint density at radius 3 is 2.69 bits per heavy atom. The summed E-state index contributed by atoms with van der Waals surface area (Å²) in [5.41, 5.74) is 6.37. The van der Waals surface area contributed by atoms with E-state index in [9.17, 15) is 9.59 Å². The van der Waals surface area contributed by atoms with Crippen molar-refractivity contribution in [3.05, 3.63) is 0 Å². The van der Waals surface area contributed by atoms with Gasteiger partial charge in [-0.05, 0) is 61.7 Å². The average Bonchev–Trinajstić information content (AvgIpc) is 2.92. The maximum Gasteiger partial charge on any atom is 0.139 e. The Morgan fingerprint density at radius 1 is 1.12 bits per heavy atom. The van der Waals surface area contributed by atoms with Crippen molar-refractivity contribution in [2.45, 2.75) is 65.2 Å². The van der Waals surface area contributed by atoms with Gasteiger partial charge in [-0.15, -0.1) is 0 Å². The van der Waals surface area contributed by atoms with Crippen LogP contribution in [0.4, 0.5) is 0 Å². The van der Waals surface area contributed by atoms with Gasteiger partial charge in [-0.3, -0.25) is 9.59 Å². The van der Waals surface area contributed by atoms with Crippen LogP contribution in [0.15, 0.2) is 5.16 Å². The van der Waals surface area contributed by atoms with Crippen LogP contribution in [0, 0.1) is 34.5 Å². The van der Waals surface area contributed by atoms with Crippen molar-refractivity contribution in [3.8, 4) is 0 Å². The second kappa shape index (κ2) is 6.43. The van der Waals surface area contributed by atoms with Crippen LogP contribution >= 0.6 is 0 Å². The van der Waals surface area contributed by atoms with Crippen LogP contribution in [0.5, 0.6) is 0 Å². The molecule has 4 aliphatic rings. The Bertz CT molecular complexity index is 645. The molecule has 5 nitrogen and oxygen atoms in total. The maximum atomic E-state index is 13.1. The van der Waals surface area contributed by atoms with Crippen LogP contribution in [-0.2, 0) is 14.4 Å². The summed E-state index contributed by atoms with van der Waals surface area (Å²) < 4.78 is 0. The molecule has 0 aromatic carbocycles. The van der Waals surface area contributed by atoms with Crippen LogP contribution in [0.2, 0.25) is 0 Å². The van der Waals surface area contributed by atoms with Crippen LogP contribution in [0.3, 0.4) is 0 Å². The number of Topliss-reactive ketones (excluding diaryl/α,β-unsaturated/α-hetero) is 2. The molecule has 0 aliphatic heterocycles. The number of carbonyl (C=O) groups excluding carboxylic acids is 2. The molecule has 5 heteroatoms. The normalized spacial score (nSPS) is 46.7. The van der Waals surface area contributed by atoms with E-state index in [1.54, 1.807) is 0 Å². The third-order valence-corrected chi connectivity index (χ3v) is 8.41. The molecule has 0 heterocycles. The van der Waals surface area contributed by atoms with Crippen molar-refractivity contribution in [1.29, 1.82) is 0 Å². The lowest BCUT2D eigenvalue weighted by Gasteiger charge is -2.58. The summed E-state index contributed by atoms with van der Waals surface area (Å²) in [6.07, 6.45) is 7.13. The van der Waals surface area contributed by atoms with E-state index in [0.717, 1.165) is 44.2 Å². The molecule has 0 amide bonds. The van der Waals surface area contributed by atoms with Crippen molar-refractivity contribution >= 4 is 17.3 Å². The standard InChI is InChI=1S/C21H32N2O3/c1-20-7-5-13(23-26-10-9-22)11-17(20)18(24)12-14-15-3-4-19(25)21(15,2)8-6-16(14)20/h14-17H,3-12,22H2,1-2H3/b23-13+/t14-,15-,16-,17?,20+,21-/m0/s1. The molecule has 0 radical (unpaired) electrons. The van der Waals surface area contributed by atoms with Gasteiger partial charge in [-0.25, -0.2) is 0 Å². The minimum atomic E-state index is -0.165. The molecule has 26 heavy (non-hydrogen) atoms. The molecule has 0 bridgehead atoms. The van der Waals surface area contributed by atoms with Crippen molar-refractivity contribution < 1.29 is 14.4 Å². The molecular weight excluding hydrogens is 328 g/mol.